The monoisotopic (exact) mass is 188 g/mol. The first kappa shape index (κ1) is 9.60. The molecule has 0 saturated carbocycles. The molecule has 0 radical (unpaired) electrons. The molecule has 0 saturated heterocycles. The molecule has 0 spiro atoms. The molecule has 0 N–H and O–H groups in total. The average molecular weight is 188 g/mol. The van der Waals surface area contributed by atoms with E-state index in [2.05, 4.69) is 0 Å². The summed E-state index contributed by atoms with van der Waals surface area (Å²) in [4.78, 5) is 0. The largest absolute Gasteiger partial charge is 0.283 e. The third kappa shape index (κ3) is 2.25. The lowest BCUT2D eigenvalue weighted by atomic mass is 10.1. The standard InChI is InChI=1S/C9H11F2P/c1-2-7-3-5-8(6-4-7)9(10,11)12/h3-6H,2,12H2,1H3. The van der Waals surface area contributed by atoms with E-state index in [0.717, 1.165) is 12.0 Å². The Morgan fingerprint density at radius 2 is 1.75 bits per heavy atom. The molecule has 1 aromatic rings. The van der Waals surface area contributed by atoms with Gasteiger partial charge in [-0.2, -0.15) is 8.78 Å². The van der Waals surface area contributed by atoms with Crippen LogP contribution in [0.25, 0.3) is 0 Å². The third-order valence-corrected chi connectivity index (χ3v) is 2.08. The highest BCUT2D eigenvalue weighted by atomic mass is 31.0. The van der Waals surface area contributed by atoms with Crippen LogP contribution in [0.3, 0.4) is 0 Å². The summed E-state index contributed by atoms with van der Waals surface area (Å²) in [5.41, 5.74) is -1.68. The van der Waals surface area contributed by atoms with Crippen molar-refractivity contribution in [2.45, 2.75) is 19.0 Å². The Bertz CT molecular complexity index is 248. The minimum absolute atomic E-state index is 0.0460. The van der Waals surface area contributed by atoms with Gasteiger partial charge in [0, 0.05) is 5.56 Å². The predicted molar refractivity (Wildman–Crippen MR) is 49.4 cm³/mol. The minimum atomic E-state index is -2.80. The molecule has 1 unspecified atom stereocenters. The van der Waals surface area contributed by atoms with Gasteiger partial charge in [0.15, 0.2) is 0 Å². The first-order valence-electron chi connectivity index (χ1n) is 3.80. The molecule has 0 aromatic heterocycles. The number of halogens is 2. The fourth-order valence-corrected chi connectivity index (χ4v) is 1.16. The van der Waals surface area contributed by atoms with Crippen LogP contribution in [0.1, 0.15) is 18.1 Å². The second-order valence-corrected chi connectivity index (χ2v) is 3.40. The zero-order chi connectivity index (χ0) is 9.19. The predicted octanol–water partition coefficient (Wildman–Crippen LogP) is 3.17. The summed E-state index contributed by atoms with van der Waals surface area (Å²) in [5.74, 6) is 0. The van der Waals surface area contributed by atoms with Crippen LogP contribution in [0, 0.1) is 0 Å². The van der Waals surface area contributed by atoms with Crippen LogP contribution in [0.5, 0.6) is 0 Å². The molecule has 0 amide bonds. The van der Waals surface area contributed by atoms with Crippen molar-refractivity contribution in [2.75, 3.05) is 0 Å². The average Bonchev–Trinajstić information content (AvgIpc) is 2.03. The molecule has 1 rings (SSSR count). The maximum atomic E-state index is 12.7. The molecule has 0 aliphatic rings. The molecule has 0 nitrogen and oxygen atoms in total. The SMILES string of the molecule is CCc1ccc(C(F)(F)P)cc1. The van der Waals surface area contributed by atoms with E-state index in [1.165, 1.54) is 21.4 Å². The first-order chi connectivity index (χ1) is 5.54. The van der Waals surface area contributed by atoms with Gasteiger partial charge in [0.05, 0.1) is 0 Å². The Balaban J connectivity index is 2.93. The summed E-state index contributed by atoms with van der Waals surface area (Å²) >= 11 is 0. The number of hydrogen-bond acceptors (Lipinski definition) is 0. The summed E-state index contributed by atoms with van der Waals surface area (Å²) in [5, 5.41) is 0. The molecular formula is C9H11F2P. The lowest BCUT2D eigenvalue weighted by molar-refractivity contribution is 0.104. The van der Waals surface area contributed by atoms with E-state index in [9.17, 15) is 8.78 Å². The van der Waals surface area contributed by atoms with E-state index < -0.39 is 5.66 Å². The smallest absolute Gasteiger partial charge is 0.197 e. The summed E-state index contributed by atoms with van der Waals surface area (Å²) in [7, 11) is 1.53. The van der Waals surface area contributed by atoms with Crippen LogP contribution < -0.4 is 0 Å². The molecule has 1 aromatic carbocycles. The molecule has 0 fully saturated rings. The van der Waals surface area contributed by atoms with Crippen LogP contribution in [-0.4, -0.2) is 0 Å². The normalized spacial score (nSPS) is 11.7. The zero-order valence-corrected chi connectivity index (χ0v) is 8.00. The van der Waals surface area contributed by atoms with Crippen LogP contribution in [0.15, 0.2) is 24.3 Å². The fourth-order valence-electron chi connectivity index (χ4n) is 0.963. The van der Waals surface area contributed by atoms with Crippen LogP contribution in [-0.2, 0) is 12.1 Å². The van der Waals surface area contributed by atoms with E-state index in [-0.39, 0.29) is 5.56 Å². The van der Waals surface area contributed by atoms with Crippen molar-refractivity contribution in [1.29, 1.82) is 0 Å². The second kappa shape index (κ2) is 3.49. The van der Waals surface area contributed by atoms with Gasteiger partial charge in [0.25, 0.3) is 5.66 Å². The van der Waals surface area contributed by atoms with Gasteiger partial charge in [-0.15, -0.1) is 0 Å². The maximum Gasteiger partial charge on any atom is 0.283 e. The topological polar surface area (TPSA) is 0 Å². The van der Waals surface area contributed by atoms with Crippen LogP contribution in [0.2, 0.25) is 0 Å². The summed E-state index contributed by atoms with van der Waals surface area (Å²) in [6.07, 6.45) is 0.878. The van der Waals surface area contributed by atoms with E-state index >= 15 is 0 Å². The van der Waals surface area contributed by atoms with Crippen molar-refractivity contribution in [1.82, 2.24) is 0 Å². The molecule has 12 heavy (non-hydrogen) atoms. The second-order valence-electron chi connectivity index (χ2n) is 2.67. The van der Waals surface area contributed by atoms with Gasteiger partial charge in [0.2, 0.25) is 0 Å². The van der Waals surface area contributed by atoms with E-state index in [1.807, 2.05) is 6.92 Å². The minimum Gasteiger partial charge on any atom is -0.197 e. The Kier molecular flexibility index (Phi) is 2.79. The van der Waals surface area contributed by atoms with Gasteiger partial charge in [0.1, 0.15) is 0 Å². The molecule has 66 valence electrons. The number of alkyl halides is 2. The highest BCUT2D eigenvalue weighted by molar-refractivity contribution is 7.17. The van der Waals surface area contributed by atoms with E-state index in [4.69, 9.17) is 0 Å². The van der Waals surface area contributed by atoms with Crippen LogP contribution >= 0.6 is 9.24 Å². The third-order valence-electron chi connectivity index (χ3n) is 1.75. The first-order valence-corrected chi connectivity index (χ1v) is 4.38. The maximum absolute atomic E-state index is 12.7. The van der Waals surface area contributed by atoms with Gasteiger partial charge in [-0.1, -0.05) is 40.4 Å². The number of benzene rings is 1. The van der Waals surface area contributed by atoms with Crippen molar-refractivity contribution in [3.05, 3.63) is 35.4 Å². The van der Waals surface area contributed by atoms with Gasteiger partial charge in [-0.3, -0.25) is 0 Å². The van der Waals surface area contributed by atoms with Crippen molar-refractivity contribution in [2.24, 2.45) is 0 Å². The van der Waals surface area contributed by atoms with Gasteiger partial charge in [-0.05, 0) is 12.0 Å². The lowest BCUT2D eigenvalue weighted by Gasteiger charge is -2.10. The van der Waals surface area contributed by atoms with Gasteiger partial charge < -0.3 is 0 Å². The number of aryl methyl sites for hydroxylation is 1. The Hall–Kier alpha value is -0.490. The van der Waals surface area contributed by atoms with E-state index in [1.54, 1.807) is 12.1 Å². The highest BCUT2D eigenvalue weighted by Gasteiger charge is 2.23. The van der Waals surface area contributed by atoms with Gasteiger partial charge >= 0.3 is 0 Å². The molecule has 0 aliphatic heterocycles. The van der Waals surface area contributed by atoms with Crippen molar-refractivity contribution < 1.29 is 8.78 Å². The molecule has 1 atom stereocenters. The summed E-state index contributed by atoms with van der Waals surface area (Å²) in [6.45, 7) is 1.99. The molecule has 0 bridgehead atoms. The van der Waals surface area contributed by atoms with Gasteiger partial charge in [-0.25, -0.2) is 0 Å². The Morgan fingerprint density at radius 3 is 2.08 bits per heavy atom. The molecule has 0 aliphatic carbocycles. The lowest BCUT2D eigenvalue weighted by Crippen LogP contribution is -2.01. The van der Waals surface area contributed by atoms with E-state index in [0.29, 0.717) is 0 Å². The van der Waals surface area contributed by atoms with Crippen molar-refractivity contribution in [3.63, 3.8) is 0 Å². The highest BCUT2D eigenvalue weighted by Crippen LogP contribution is 2.34. The summed E-state index contributed by atoms with van der Waals surface area (Å²) < 4.78 is 25.3. The van der Waals surface area contributed by atoms with Crippen molar-refractivity contribution >= 4 is 9.24 Å². The molecular weight excluding hydrogens is 177 g/mol. The number of rotatable bonds is 2. The Morgan fingerprint density at radius 1 is 1.25 bits per heavy atom. The molecule has 3 heteroatoms. The van der Waals surface area contributed by atoms with Crippen LogP contribution in [0.4, 0.5) is 8.78 Å². The zero-order valence-electron chi connectivity index (χ0n) is 6.85. The molecule has 0 heterocycles. The quantitative estimate of drug-likeness (QED) is 0.625. The number of hydrogen-bond donors (Lipinski definition) is 0. The Labute approximate surface area is 73.2 Å². The fraction of sp³-hybridized carbons (Fsp3) is 0.333. The van der Waals surface area contributed by atoms with Crippen molar-refractivity contribution in [3.8, 4) is 0 Å². The summed E-state index contributed by atoms with van der Waals surface area (Å²) in [6, 6.07) is 6.39.